The molecule has 12 nitrogen and oxygen atoms in total. The van der Waals surface area contributed by atoms with Gasteiger partial charge in [-0.25, -0.2) is 14.8 Å². The number of ether oxygens (including phenoxy) is 3. The van der Waals surface area contributed by atoms with Crippen molar-refractivity contribution in [2.75, 3.05) is 54.5 Å². The molecular formula is C28H35N7O5. The highest BCUT2D eigenvalue weighted by molar-refractivity contribution is 5.68. The summed E-state index contributed by atoms with van der Waals surface area (Å²) in [6, 6.07) is 9.60. The Labute approximate surface area is 233 Å². The van der Waals surface area contributed by atoms with Gasteiger partial charge >= 0.3 is 5.97 Å². The fourth-order valence-corrected chi connectivity index (χ4v) is 4.98. The zero-order valence-electron chi connectivity index (χ0n) is 22.6. The summed E-state index contributed by atoms with van der Waals surface area (Å²) in [5.74, 6) is 2.99. The number of para-hydroxylation sites is 2. The molecule has 2 aromatic heterocycles. The van der Waals surface area contributed by atoms with Crippen molar-refractivity contribution < 1.29 is 24.1 Å². The molecule has 2 N–H and O–H groups in total. The summed E-state index contributed by atoms with van der Waals surface area (Å²) in [6.07, 6.45) is 8.57. The van der Waals surface area contributed by atoms with Crippen molar-refractivity contribution in [3.63, 3.8) is 0 Å². The number of aromatic nitrogens is 4. The molecule has 40 heavy (non-hydrogen) atoms. The first-order chi connectivity index (χ1) is 19.6. The molecule has 4 heterocycles. The summed E-state index contributed by atoms with van der Waals surface area (Å²) < 4.78 is 17.6. The molecule has 0 bridgehead atoms. The number of aliphatic carboxylic acids is 1. The molecule has 0 amide bonds. The summed E-state index contributed by atoms with van der Waals surface area (Å²) in [5, 5.41) is 12.1. The largest absolute Gasteiger partial charge is 0.490 e. The number of carboxylic acid groups (broad SMARTS) is 1. The van der Waals surface area contributed by atoms with Crippen LogP contribution >= 0.6 is 0 Å². The van der Waals surface area contributed by atoms with E-state index in [-0.39, 0.29) is 18.8 Å². The average Bonchev–Trinajstić information content (AvgIpc) is 2.98. The molecule has 0 spiro atoms. The molecule has 2 atom stereocenters. The van der Waals surface area contributed by atoms with Gasteiger partial charge in [-0.3, -0.25) is 4.98 Å². The first-order valence-electron chi connectivity index (χ1n) is 13.7. The van der Waals surface area contributed by atoms with E-state index in [9.17, 15) is 4.79 Å². The lowest BCUT2D eigenvalue weighted by molar-refractivity contribution is -0.144. The van der Waals surface area contributed by atoms with Crippen LogP contribution in [-0.4, -0.2) is 82.6 Å². The van der Waals surface area contributed by atoms with Gasteiger partial charge in [0, 0.05) is 25.8 Å². The number of carboxylic acids is 1. The molecule has 5 rings (SSSR count). The first-order valence-corrected chi connectivity index (χ1v) is 13.7. The van der Waals surface area contributed by atoms with Crippen molar-refractivity contribution in [2.45, 2.75) is 44.8 Å². The summed E-state index contributed by atoms with van der Waals surface area (Å²) in [6.45, 7) is 5.18. The van der Waals surface area contributed by atoms with E-state index in [1.54, 1.807) is 18.6 Å². The highest BCUT2D eigenvalue weighted by atomic mass is 16.5. The third-order valence-electron chi connectivity index (χ3n) is 6.79. The Morgan fingerprint density at radius 1 is 1.00 bits per heavy atom. The highest BCUT2D eigenvalue weighted by Gasteiger charge is 2.25. The monoisotopic (exact) mass is 549 g/mol. The van der Waals surface area contributed by atoms with Gasteiger partial charge in [0.05, 0.1) is 31.6 Å². The second kappa shape index (κ2) is 13.2. The van der Waals surface area contributed by atoms with Crippen molar-refractivity contribution >= 4 is 29.4 Å². The van der Waals surface area contributed by atoms with Gasteiger partial charge in [0.1, 0.15) is 24.3 Å². The molecule has 2 aliphatic rings. The molecule has 3 aromatic rings. The number of rotatable bonds is 11. The minimum Gasteiger partial charge on any atom is -0.490 e. The number of piperidine rings is 2. The van der Waals surface area contributed by atoms with Crippen LogP contribution in [0.2, 0.25) is 0 Å². The van der Waals surface area contributed by atoms with Crippen molar-refractivity contribution in [1.82, 2.24) is 19.9 Å². The van der Waals surface area contributed by atoms with Gasteiger partial charge in [0.2, 0.25) is 5.95 Å². The number of nitrogens with one attached hydrogen (secondary N) is 1. The Morgan fingerprint density at radius 3 is 2.55 bits per heavy atom. The number of carbonyl (C=O) groups is 1. The van der Waals surface area contributed by atoms with Crippen LogP contribution in [0.4, 0.5) is 23.4 Å². The average molecular weight is 550 g/mol. The molecule has 1 aromatic carbocycles. The van der Waals surface area contributed by atoms with Crippen LogP contribution in [0.5, 0.6) is 11.5 Å². The number of anilines is 4. The second-order valence-electron chi connectivity index (χ2n) is 9.75. The van der Waals surface area contributed by atoms with Gasteiger partial charge in [-0.05, 0) is 50.8 Å². The van der Waals surface area contributed by atoms with Crippen LogP contribution in [0.15, 0.2) is 48.9 Å². The predicted octanol–water partition coefficient (Wildman–Crippen LogP) is 3.53. The van der Waals surface area contributed by atoms with Crippen molar-refractivity contribution in [3.8, 4) is 11.5 Å². The van der Waals surface area contributed by atoms with E-state index in [1.165, 1.54) is 0 Å². The maximum absolute atomic E-state index is 10.9. The minimum atomic E-state index is -0.964. The van der Waals surface area contributed by atoms with E-state index in [2.05, 4.69) is 30.1 Å². The zero-order valence-corrected chi connectivity index (χ0v) is 22.6. The van der Waals surface area contributed by atoms with Gasteiger partial charge in [-0.15, -0.1) is 0 Å². The SMILES string of the molecule is CCOc1ccccc1O[C@@H]1CCCN(c2cncc(Nc3nccc(N4CCC[C@H](OCC(=O)O)C4)n3)n2)C1. The quantitative estimate of drug-likeness (QED) is 0.362. The fourth-order valence-electron chi connectivity index (χ4n) is 4.98. The second-order valence-corrected chi connectivity index (χ2v) is 9.75. The topological polar surface area (TPSA) is 135 Å². The summed E-state index contributed by atoms with van der Waals surface area (Å²) >= 11 is 0. The molecule has 0 radical (unpaired) electrons. The molecular weight excluding hydrogens is 514 g/mol. The molecule has 2 aliphatic heterocycles. The molecule has 0 saturated carbocycles. The Kier molecular flexibility index (Phi) is 9.07. The summed E-state index contributed by atoms with van der Waals surface area (Å²) in [7, 11) is 0. The molecule has 212 valence electrons. The van der Waals surface area contributed by atoms with Gasteiger partial charge in [-0.2, -0.15) is 4.98 Å². The van der Waals surface area contributed by atoms with Gasteiger partial charge in [-0.1, -0.05) is 12.1 Å². The third-order valence-corrected chi connectivity index (χ3v) is 6.79. The van der Waals surface area contributed by atoms with E-state index >= 15 is 0 Å². The zero-order chi connectivity index (χ0) is 27.7. The van der Waals surface area contributed by atoms with E-state index in [0.29, 0.717) is 31.5 Å². The molecule has 0 unspecified atom stereocenters. The van der Waals surface area contributed by atoms with Crippen molar-refractivity contribution in [2.24, 2.45) is 0 Å². The maximum atomic E-state index is 10.9. The standard InChI is InChI=1S/C28H35N7O5/c1-2-38-22-9-3-4-10-23(22)40-21-8-6-14-35(18-21)26-16-29-15-24(31-26)32-28-30-12-11-25(33-28)34-13-5-7-20(17-34)39-19-27(36)37/h3-4,9-12,15-16,20-21H,2,5-8,13-14,17-19H2,1H3,(H,36,37)(H,30,31,32,33)/t20-,21+/m0/s1. The van der Waals surface area contributed by atoms with E-state index in [1.807, 2.05) is 37.3 Å². The van der Waals surface area contributed by atoms with Crippen LogP contribution < -0.4 is 24.6 Å². The normalized spacial score (nSPS) is 19.2. The van der Waals surface area contributed by atoms with E-state index < -0.39 is 5.97 Å². The summed E-state index contributed by atoms with van der Waals surface area (Å²) in [4.78, 5) is 33.3. The Balaban J connectivity index is 1.22. The van der Waals surface area contributed by atoms with E-state index in [0.717, 1.165) is 61.9 Å². The molecule has 2 saturated heterocycles. The van der Waals surface area contributed by atoms with Gasteiger partial charge in [0.15, 0.2) is 17.3 Å². The molecule has 2 fully saturated rings. The van der Waals surface area contributed by atoms with Gasteiger partial charge in [0.25, 0.3) is 0 Å². The predicted molar refractivity (Wildman–Crippen MR) is 150 cm³/mol. The number of hydrogen-bond acceptors (Lipinski definition) is 11. The van der Waals surface area contributed by atoms with Crippen LogP contribution in [0.1, 0.15) is 32.6 Å². The van der Waals surface area contributed by atoms with Crippen LogP contribution in [-0.2, 0) is 9.53 Å². The van der Waals surface area contributed by atoms with Crippen LogP contribution in [0.3, 0.4) is 0 Å². The third kappa shape index (κ3) is 7.26. The smallest absolute Gasteiger partial charge is 0.329 e. The lowest BCUT2D eigenvalue weighted by Gasteiger charge is -2.34. The maximum Gasteiger partial charge on any atom is 0.329 e. The fraction of sp³-hybridized carbons (Fsp3) is 0.464. The Morgan fingerprint density at radius 2 is 1.75 bits per heavy atom. The van der Waals surface area contributed by atoms with Crippen molar-refractivity contribution in [3.05, 3.63) is 48.9 Å². The highest BCUT2D eigenvalue weighted by Crippen LogP contribution is 2.30. The number of hydrogen-bond donors (Lipinski definition) is 2. The van der Waals surface area contributed by atoms with Gasteiger partial charge < -0.3 is 34.4 Å². The Hall–Kier alpha value is -4.19. The van der Waals surface area contributed by atoms with Crippen molar-refractivity contribution in [1.29, 1.82) is 0 Å². The lowest BCUT2D eigenvalue weighted by atomic mass is 10.1. The first kappa shape index (κ1) is 27.4. The van der Waals surface area contributed by atoms with Crippen LogP contribution in [0.25, 0.3) is 0 Å². The number of benzene rings is 1. The molecule has 0 aliphatic carbocycles. The summed E-state index contributed by atoms with van der Waals surface area (Å²) in [5.41, 5.74) is 0. The van der Waals surface area contributed by atoms with E-state index in [4.69, 9.17) is 24.3 Å². The number of nitrogens with zero attached hydrogens (tertiary/aromatic N) is 6. The minimum absolute atomic E-state index is 0.00151. The molecule has 12 heteroatoms. The Bertz CT molecular complexity index is 1280. The van der Waals surface area contributed by atoms with Crippen LogP contribution in [0, 0.1) is 0 Å². The lowest BCUT2D eigenvalue weighted by Crippen LogP contribution is -2.41.